The maximum absolute atomic E-state index is 12.1. The molecule has 8 nitrogen and oxygen atoms in total. The summed E-state index contributed by atoms with van der Waals surface area (Å²) in [5.41, 5.74) is 4.94. The van der Waals surface area contributed by atoms with Crippen molar-refractivity contribution < 1.29 is 27.9 Å². The van der Waals surface area contributed by atoms with E-state index < -0.39 is 27.9 Å². The van der Waals surface area contributed by atoms with Crippen LogP contribution in [0.4, 0.5) is 0 Å². The minimum absolute atomic E-state index is 0.0960. The van der Waals surface area contributed by atoms with Gasteiger partial charge in [0.25, 0.3) is 0 Å². The van der Waals surface area contributed by atoms with E-state index in [0.29, 0.717) is 12.4 Å². The van der Waals surface area contributed by atoms with E-state index >= 15 is 0 Å². The van der Waals surface area contributed by atoms with Crippen molar-refractivity contribution in [2.24, 2.45) is 5.73 Å². The van der Waals surface area contributed by atoms with Gasteiger partial charge in [-0.3, -0.25) is 9.59 Å². The van der Waals surface area contributed by atoms with Crippen LogP contribution in [0.3, 0.4) is 0 Å². The zero-order chi connectivity index (χ0) is 16.8. The summed E-state index contributed by atoms with van der Waals surface area (Å²) in [6.07, 6.45) is -0.455. The predicted molar refractivity (Wildman–Crippen MR) is 77.8 cm³/mol. The highest BCUT2D eigenvalue weighted by Gasteiger charge is 2.25. The van der Waals surface area contributed by atoms with Gasteiger partial charge in [-0.25, -0.2) is 8.42 Å². The minimum atomic E-state index is -4.02. The third kappa shape index (κ3) is 5.34. The highest BCUT2D eigenvalue weighted by Crippen LogP contribution is 2.16. The number of ether oxygens (including phenoxy) is 1. The number of nitrogens with one attached hydrogen (secondary N) is 1. The standard InChI is InChI=1S/C13H18N2O6S/c1-2-21-9-3-5-10(6-4-9)22(19,20)15-11(13(17)18)7-8-12(14)16/h3-6,11,15H,2,7-8H2,1H3,(H2,14,16)(H,17,18)/t11-/m0/s1. The molecular weight excluding hydrogens is 312 g/mol. The average Bonchev–Trinajstić information content (AvgIpc) is 2.44. The summed E-state index contributed by atoms with van der Waals surface area (Å²) in [5, 5.41) is 9.01. The summed E-state index contributed by atoms with van der Waals surface area (Å²) in [5.74, 6) is -1.58. The molecular formula is C13H18N2O6S. The van der Waals surface area contributed by atoms with E-state index in [1.807, 2.05) is 4.72 Å². The first-order chi connectivity index (χ1) is 10.3. The van der Waals surface area contributed by atoms with Crippen molar-refractivity contribution in [2.75, 3.05) is 6.61 Å². The molecule has 1 amide bonds. The number of amides is 1. The molecule has 4 N–H and O–H groups in total. The van der Waals surface area contributed by atoms with E-state index in [4.69, 9.17) is 15.6 Å². The molecule has 0 aliphatic carbocycles. The molecule has 0 saturated carbocycles. The number of nitrogens with two attached hydrogens (primary N) is 1. The molecule has 1 aromatic rings. The van der Waals surface area contributed by atoms with Crippen LogP contribution in [0.25, 0.3) is 0 Å². The third-order valence-electron chi connectivity index (χ3n) is 2.72. The molecule has 0 bridgehead atoms. The van der Waals surface area contributed by atoms with Crippen molar-refractivity contribution in [1.29, 1.82) is 0 Å². The quantitative estimate of drug-likeness (QED) is 0.587. The van der Waals surface area contributed by atoms with Gasteiger partial charge >= 0.3 is 5.97 Å². The Hall–Kier alpha value is -2.13. The highest BCUT2D eigenvalue weighted by molar-refractivity contribution is 7.89. The molecule has 22 heavy (non-hydrogen) atoms. The average molecular weight is 330 g/mol. The van der Waals surface area contributed by atoms with Gasteiger partial charge in [-0.2, -0.15) is 4.72 Å². The Kier molecular flexibility index (Phi) is 6.32. The van der Waals surface area contributed by atoms with E-state index in [0.717, 1.165) is 0 Å². The largest absolute Gasteiger partial charge is 0.494 e. The zero-order valence-corrected chi connectivity index (χ0v) is 12.8. The Labute approximate surface area is 128 Å². The fourth-order valence-corrected chi connectivity index (χ4v) is 2.88. The van der Waals surface area contributed by atoms with Crippen LogP contribution in [0.15, 0.2) is 29.2 Å². The van der Waals surface area contributed by atoms with Crippen molar-refractivity contribution in [1.82, 2.24) is 4.72 Å². The lowest BCUT2D eigenvalue weighted by atomic mass is 10.2. The first-order valence-electron chi connectivity index (χ1n) is 6.52. The molecule has 0 heterocycles. The number of carboxylic acid groups (broad SMARTS) is 1. The summed E-state index contributed by atoms with van der Waals surface area (Å²) >= 11 is 0. The SMILES string of the molecule is CCOc1ccc(S(=O)(=O)N[C@@H](CCC(N)=O)C(=O)O)cc1. The molecule has 1 rings (SSSR count). The molecule has 0 spiro atoms. The molecule has 0 fully saturated rings. The lowest BCUT2D eigenvalue weighted by Gasteiger charge is -2.14. The van der Waals surface area contributed by atoms with E-state index in [9.17, 15) is 18.0 Å². The van der Waals surface area contributed by atoms with Gasteiger partial charge in [0.1, 0.15) is 11.8 Å². The molecule has 1 atom stereocenters. The van der Waals surface area contributed by atoms with Crippen LogP contribution in [0, 0.1) is 0 Å². The lowest BCUT2D eigenvalue weighted by Crippen LogP contribution is -2.41. The number of carbonyl (C=O) groups is 2. The van der Waals surface area contributed by atoms with Crippen molar-refractivity contribution in [3.63, 3.8) is 0 Å². The molecule has 0 aliphatic rings. The normalized spacial score (nSPS) is 12.6. The number of primary amides is 1. The Morgan fingerprint density at radius 1 is 1.32 bits per heavy atom. The summed E-state index contributed by atoms with van der Waals surface area (Å²) in [6.45, 7) is 2.24. The van der Waals surface area contributed by atoms with Crippen LogP contribution in [0.2, 0.25) is 0 Å². The fourth-order valence-electron chi connectivity index (χ4n) is 1.66. The topological polar surface area (TPSA) is 136 Å². The second kappa shape index (κ2) is 7.76. The van der Waals surface area contributed by atoms with Crippen LogP contribution in [-0.4, -0.2) is 38.0 Å². The second-order valence-electron chi connectivity index (χ2n) is 4.42. The molecule has 0 aliphatic heterocycles. The second-order valence-corrected chi connectivity index (χ2v) is 6.14. The van der Waals surface area contributed by atoms with Gasteiger partial charge in [0.2, 0.25) is 15.9 Å². The summed E-state index contributed by atoms with van der Waals surface area (Å²) in [7, 11) is -4.02. The van der Waals surface area contributed by atoms with E-state index in [1.165, 1.54) is 24.3 Å². The lowest BCUT2D eigenvalue weighted by molar-refractivity contribution is -0.139. The Bertz CT molecular complexity index is 626. The van der Waals surface area contributed by atoms with Gasteiger partial charge in [0, 0.05) is 6.42 Å². The van der Waals surface area contributed by atoms with Crippen molar-refractivity contribution in [2.45, 2.75) is 30.7 Å². The Morgan fingerprint density at radius 3 is 2.36 bits per heavy atom. The monoisotopic (exact) mass is 330 g/mol. The number of aliphatic carboxylic acids is 1. The number of hydrogen-bond donors (Lipinski definition) is 3. The van der Waals surface area contributed by atoms with Crippen LogP contribution in [0.5, 0.6) is 5.75 Å². The van der Waals surface area contributed by atoms with E-state index in [1.54, 1.807) is 6.92 Å². The first kappa shape index (κ1) is 17.9. The maximum atomic E-state index is 12.1. The smallest absolute Gasteiger partial charge is 0.321 e. The summed E-state index contributed by atoms with van der Waals surface area (Å²) < 4.78 is 31.5. The molecule has 0 saturated heterocycles. The van der Waals surface area contributed by atoms with E-state index in [2.05, 4.69) is 0 Å². The van der Waals surface area contributed by atoms with Crippen LogP contribution >= 0.6 is 0 Å². The minimum Gasteiger partial charge on any atom is -0.494 e. The number of carboxylic acids is 1. The van der Waals surface area contributed by atoms with Crippen molar-refractivity contribution >= 4 is 21.9 Å². The van der Waals surface area contributed by atoms with Gasteiger partial charge in [-0.1, -0.05) is 0 Å². The number of rotatable bonds is 9. The number of hydrogen-bond acceptors (Lipinski definition) is 5. The van der Waals surface area contributed by atoms with Crippen LogP contribution in [-0.2, 0) is 19.6 Å². The van der Waals surface area contributed by atoms with Gasteiger partial charge in [0.15, 0.2) is 0 Å². The van der Waals surface area contributed by atoms with Gasteiger partial charge in [0.05, 0.1) is 11.5 Å². The number of carbonyl (C=O) groups excluding carboxylic acids is 1. The Balaban J connectivity index is 2.87. The number of benzene rings is 1. The third-order valence-corrected chi connectivity index (χ3v) is 4.21. The van der Waals surface area contributed by atoms with Crippen molar-refractivity contribution in [3.05, 3.63) is 24.3 Å². The molecule has 0 radical (unpaired) electrons. The summed E-state index contributed by atoms with van der Waals surface area (Å²) in [4.78, 5) is 21.7. The van der Waals surface area contributed by atoms with E-state index in [-0.39, 0.29) is 17.7 Å². The molecule has 0 unspecified atom stereocenters. The fraction of sp³-hybridized carbons (Fsp3) is 0.385. The van der Waals surface area contributed by atoms with Gasteiger partial charge in [-0.15, -0.1) is 0 Å². The first-order valence-corrected chi connectivity index (χ1v) is 8.01. The molecule has 9 heteroatoms. The van der Waals surface area contributed by atoms with Crippen molar-refractivity contribution in [3.8, 4) is 5.75 Å². The highest BCUT2D eigenvalue weighted by atomic mass is 32.2. The van der Waals surface area contributed by atoms with Crippen LogP contribution < -0.4 is 15.2 Å². The predicted octanol–water partition coefficient (Wildman–Crippen LogP) is 0.0823. The maximum Gasteiger partial charge on any atom is 0.321 e. The Morgan fingerprint density at radius 2 is 1.91 bits per heavy atom. The zero-order valence-electron chi connectivity index (χ0n) is 12.0. The number of sulfonamides is 1. The molecule has 122 valence electrons. The molecule has 1 aromatic carbocycles. The van der Waals surface area contributed by atoms with Crippen LogP contribution in [0.1, 0.15) is 19.8 Å². The van der Waals surface area contributed by atoms with Gasteiger partial charge in [-0.05, 0) is 37.6 Å². The summed E-state index contributed by atoms with van der Waals surface area (Å²) in [6, 6.07) is 4.12. The van der Waals surface area contributed by atoms with Gasteiger partial charge < -0.3 is 15.6 Å². The molecule has 0 aromatic heterocycles.